The van der Waals surface area contributed by atoms with Gasteiger partial charge in [-0.1, -0.05) is 27.7 Å². The van der Waals surface area contributed by atoms with Crippen LogP contribution in [0.5, 0.6) is 0 Å². The number of carbonyl (C=O) groups is 1. The Balaban J connectivity index is 3.07. The van der Waals surface area contributed by atoms with Crippen LogP contribution in [0.4, 0.5) is 5.82 Å². The fourth-order valence-corrected chi connectivity index (χ4v) is 2.34. The highest BCUT2D eigenvalue weighted by molar-refractivity contribution is 9.10. The van der Waals surface area contributed by atoms with Crippen molar-refractivity contribution in [2.24, 2.45) is 17.7 Å². The Morgan fingerprint density at radius 1 is 1.35 bits per heavy atom. The van der Waals surface area contributed by atoms with E-state index in [4.69, 9.17) is 5.84 Å². The molecule has 0 radical (unpaired) electrons. The maximum absolute atomic E-state index is 12.7. The molecule has 0 spiro atoms. The standard InChI is InChI=1S/C14H23BrN4O/c1-9(2)7-19(8-10(3)4)14(20)12-5-11(15)6-17-13(12)18-16/h5-6,9-10H,7-8,16H2,1-4H3,(H,17,18). The minimum absolute atomic E-state index is 0.0471. The van der Waals surface area contributed by atoms with Crippen molar-refractivity contribution in [3.05, 3.63) is 22.3 Å². The van der Waals surface area contributed by atoms with Crippen molar-refractivity contribution >= 4 is 27.7 Å². The predicted octanol–water partition coefficient (Wildman–Crippen LogP) is 2.88. The van der Waals surface area contributed by atoms with Gasteiger partial charge in [0.25, 0.3) is 5.91 Å². The van der Waals surface area contributed by atoms with Gasteiger partial charge >= 0.3 is 0 Å². The van der Waals surface area contributed by atoms with Gasteiger partial charge in [0.05, 0.1) is 5.56 Å². The zero-order valence-corrected chi connectivity index (χ0v) is 14.1. The fraction of sp³-hybridized carbons (Fsp3) is 0.571. The van der Waals surface area contributed by atoms with E-state index in [0.29, 0.717) is 36.3 Å². The highest BCUT2D eigenvalue weighted by Crippen LogP contribution is 2.20. The van der Waals surface area contributed by atoms with Gasteiger partial charge in [-0.05, 0) is 33.8 Å². The summed E-state index contributed by atoms with van der Waals surface area (Å²) >= 11 is 3.34. The summed E-state index contributed by atoms with van der Waals surface area (Å²) in [4.78, 5) is 18.7. The number of amides is 1. The molecular formula is C14H23BrN4O. The Hall–Kier alpha value is -1.14. The zero-order chi connectivity index (χ0) is 15.3. The van der Waals surface area contributed by atoms with Crippen LogP contribution in [0.3, 0.4) is 0 Å². The minimum Gasteiger partial charge on any atom is -0.338 e. The highest BCUT2D eigenvalue weighted by Gasteiger charge is 2.21. The van der Waals surface area contributed by atoms with Gasteiger partial charge in [-0.3, -0.25) is 4.79 Å². The van der Waals surface area contributed by atoms with Crippen LogP contribution in [-0.4, -0.2) is 28.9 Å². The molecule has 1 heterocycles. The first-order valence-corrected chi connectivity index (χ1v) is 7.55. The van der Waals surface area contributed by atoms with E-state index >= 15 is 0 Å². The SMILES string of the molecule is CC(C)CN(CC(C)C)C(=O)c1cc(Br)cnc1NN. The number of halogens is 1. The predicted molar refractivity (Wildman–Crippen MR) is 85.3 cm³/mol. The average Bonchev–Trinajstić information content (AvgIpc) is 2.36. The van der Waals surface area contributed by atoms with Crippen LogP contribution < -0.4 is 11.3 Å². The van der Waals surface area contributed by atoms with Crippen LogP contribution in [0, 0.1) is 11.8 Å². The van der Waals surface area contributed by atoms with Gasteiger partial charge in [0.1, 0.15) is 0 Å². The van der Waals surface area contributed by atoms with Crippen molar-refractivity contribution in [1.29, 1.82) is 0 Å². The molecule has 20 heavy (non-hydrogen) atoms. The lowest BCUT2D eigenvalue weighted by Crippen LogP contribution is -2.37. The molecule has 112 valence electrons. The minimum atomic E-state index is -0.0471. The molecule has 0 aromatic carbocycles. The van der Waals surface area contributed by atoms with Gasteiger partial charge in [0, 0.05) is 23.8 Å². The molecule has 6 heteroatoms. The van der Waals surface area contributed by atoms with Gasteiger partial charge in [0.2, 0.25) is 0 Å². The van der Waals surface area contributed by atoms with Gasteiger partial charge in [-0.2, -0.15) is 0 Å². The van der Waals surface area contributed by atoms with Crippen molar-refractivity contribution in [3.8, 4) is 0 Å². The van der Waals surface area contributed by atoms with Crippen LogP contribution in [0.1, 0.15) is 38.1 Å². The van der Waals surface area contributed by atoms with E-state index in [1.807, 2.05) is 4.90 Å². The maximum atomic E-state index is 12.7. The van der Waals surface area contributed by atoms with Crippen molar-refractivity contribution < 1.29 is 4.79 Å². The normalized spacial score (nSPS) is 11.0. The lowest BCUT2D eigenvalue weighted by Gasteiger charge is -2.27. The van der Waals surface area contributed by atoms with Crippen LogP contribution in [-0.2, 0) is 0 Å². The van der Waals surface area contributed by atoms with Crippen molar-refractivity contribution in [2.45, 2.75) is 27.7 Å². The third-order valence-corrected chi connectivity index (χ3v) is 3.11. The zero-order valence-electron chi connectivity index (χ0n) is 12.5. The summed E-state index contributed by atoms with van der Waals surface area (Å²) in [5.74, 6) is 6.61. The summed E-state index contributed by atoms with van der Waals surface area (Å²) < 4.78 is 0.758. The molecule has 5 nitrogen and oxygen atoms in total. The summed E-state index contributed by atoms with van der Waals surface area (Å²) in [6, 6.07) is 1.75. The van der Waals surface area contributed by atoms with Crippen molar-refractivity contribution in [2.75, 3.05) is 18.5 Å². The number of hydrogen-bond acceptors (Lipinski definition) is 4. The third kappa shape index (κ3) is 4.76. The summed E-state index contributed by atoms with van der Waals surface area (Å²) in [5, 5.41) is 0. The maximum Gasteiger partial charge on any atom is 0.257 e. The quantitative estimate of drug-likeness (QED) is 0.615. The van der Waals surface area contributed by atoms with Gasteiger partial charge in [-0.15, -0.1) is 0 Å². The summed E-state index contributed by atoms with van der Waals surface area (Å²) in [5.41, 5.74) is 2.97. The monoisotopic (exact) mass is 342 g/mol. The second kappa shape index (κ2) is 7.59. The average molecular weight is 343 g/mol. The van der Waals surface area contributed by atoms with E-state index < -0.39 is 0 Å². The number of aromatic nitrogens is 1. The first-order valence-electron chi connectivity index (χ1n) is 6.76. The smallest absolute Gasteiger partial charge is 0.257 e. The molecule has 0 aliphatic rings. The van der Waals surface area contributed by atoms with Crippen molar-refractivity contribution in [3.63, 3.8) is 0 Å². The molecule has 1 rings (SSSR count). The molecule has 1 aromatic rings. The Morgan fingerprint density at radius 3 is 2.35 bits per heavy atom. The lowest BCUT2D eigenvalue weighted by atomic mass is 10.1. The van der Waals surface area contributed by atoms with E-state index in [-0.39, 0.29) is 5.91 Å². The number of hydrogen-bond donors (Lipinski definition) is 2. The number of nitrogens with zero attached hydrogens (tertiary/aromatic N) is 2. The van der Waals surface area contributed by atoms with E-state index in [1.54, 1.807) is 12.3 Å². The number of anilines is 1. The van der Waals surface area contributed by atoms with E-state index in [2.05, 4.69) is 54.0 Å². The fourth-order valence-electron chi connectivity index (χ4n) is 2.01. The second-order valence-electron chi connectivity index (χ2n) is 5.69. The topological polar surface area (TPSA) is 71.2 Å². The molecule has 1 aromatic heterocycles. The molecule has 0 bridgehead atoms. The largest absolute Gasteiger partial charge is 0.338 e. The van der Waals surface area contributed by atoms with Crippen LogP contribution in [0.25, 0.3) is 0 Å². The molecule has 0 unspecified atom stereocenters. The van der Waals surface area contributed by atoms with Gasteiger partial charge in [-0.25, -0.2) is 10.8 Å². The molecule has 0 saturated carbocycles. The second-order valence-corrected chi connectivity index (χ2v) is 6.61. The van der Waals surface area contributed by atoms with Gasteiger partial charge < -0.3 is 10.3 Å². The number of pyridine rings is 1. The van der Waals surface area contributed by atoms with E-state index in [1.165, 1.54) is 0 Å². The molecule has 1 amide bonds. The van der Waals surface area contributed by atoms with Gasteiger partial charge in [0.15, 0.2) is 5.82 Å². The number of nitrogens with two attached hydrogens (primary N) is 1. The highest BCUT2D eigenvalue weighted by atomic mass is 79.9. The molecule has 0 aliphatic carbocycles. The summed E-state index contributed by atoms with van der Waals surface area (Å²) in [6.45, 7) is 9.83. The number of nitrogens with one attached hydrogen (secondary N) is 1. The number of hydrazine groups is 1. The molecule has 0 fully saturated rings. The number of carbonyl (C=O) groups excluding carboxylic acids is 1. The first kappa shape index (κ1) is 16.9. The van der Waals surface area contributed by atoms with Crippen LogP contribution in [0.15, 0.2) is 16.7 Å². The first-order chi connectivity index (χ1) is 9.35. The Morgan fingerprint density at radius 2 is 1.90 bits per heavy atom. The molecular weight excluding hydrogens is 320 g/mol. The Bertz CT molecular complexity index is 452. The number of rotatable bonds is 6. The van der Waals surface area contributed by atoms with Crippen LogP contribution in [0.2, 0.25) is 0 Å². The number of nitrogen functional groups attached to an aromatic ring is 1. The lowest BCUT2D eigenvalue weighted by molar-refractivity contribution is 0.0715. The van der Waals surface area contributed by atoms with Crippen molar-refractivity contribution in [1.82, 2.24) is 9.88 Å². The van der Waals surface area contributed by atoms with E-state index in [0.717, 1.165) is 4.47 Å². The van der Waals surface area contributed by atoms with Crippen LogP contribution >= 0.6 is 15.9 Å². The molecule has 0 saturated heterocycles. The summed E-state index contributed by atoms with van der Waals surface area (Å²) in [6.07, 6.45) is 1.61. The molecule has 3 N–H and O–H groups in total. The molecule has 0 atom stereocenters. The Labute approximate surface area is 129 Å². The summed E-state index contributed by atoms with van der Waals surface area (Å²) in [7, 11) is 0. The molecule has 0 aliphatic heterocycles. The third-order valence-electron chi connectivity index (χ3n) is 2.68. The van der Waals surface area contributed by atoms with E-state index in [9.17, 15) is 4.79 Å². The Kier molecular flexibility index (Phi) is 6.42.